The molecule has 0 aromatic heterocycles. The van der Waals surface area contributed by atoms with Crippen LogP contribution in [0.15, 0.2) is 17.6 Å². The van der Waals surface area contributed by atoms with Gasteiger partial charge in [0.25, 0.3) is 0 Å². The first-order valence-corrected chi connectivity index (χ1v) is 2.27. The number of nitrogens with zero attached hydrogens (tertiary/aromatic N) is 1. The molecule has 0 aliphatic heterocycles. The van der Waals surface area contributed by atoms with Gasteiger partial charge in [-0.3, -0.25) is 0 Å². The van der Waals surface area contributed by atoms with Crippen molar-refractivity contribution in [3.8, 4) is 0 Å². The minimum Gasteiger partial charge on any atom is -0.301 e. The zero-order valence-corrected chi connectivity index (χ0v) is 5.31. The molecule has 0 fully saturated rings. The van der Waals surface area contributed by atoms with Gasteiger partial charge in [-0.1, -0.05) is 6.08 Å². The third-order valence-corrected chi connectivity index (χ3v) is 0.258. The average Bonchev–Trinajstić information content (AvgIpc) is 1.69. The van der Waals surface area contributed by atoms with Gasteiger partial charge in [0.15, 0.2) is 0 Å². The Morgan fingerprint density at radius 1 is 1.43 bits per heavy atom. The van der Waals surface area contributed by atoms with Crippen molar-refractivity contribution in [2.45, 2.75) is 13.8 Å². The molecule has 0 aromatic rings. The van der Waals surface area contributed by atoms with Crippen molar-refractivity contribution in [3.05, 3.63) is 12.7 Å². The van der Waals surface area contributed by atoms with Crippen molar-refractivity contribution in [2.75, 3.05) is 7.05 Å². The lowest BCUT2D eigenvalue weighted by Gasteiger charge is -1.53. The molecule has 0 heterocycles. The summed E-state index contributed by atoms with van der Waals surface area (Å²) in [7, 11) is 1.75. The van der Waals surface area contributed by atoms with E-state index in [0.717, 1.165) is 0 Å². The minimum absolute atomic E-state index is 1.75. The zero-order valence-electron chi connectivity index (χ0n) is 5.31. The van der Waals surface area contributed by atoms with E-state index in [0.29, 0.717) is 0 Å². The fourth-order valence-corrected chi connectivity index (χ4v) is 0. The topological polar surface area (TPSA) is 12.4 Å². The largest absolute Gasteiger partial charge is 0.301 e. The predicted octanol–water partition coefficient (Wildman–Crippen LogP) is 1.90. The van der Waals surface area contributed by atoms with Crippen LogP contribution in [0.25, 0.3) is 0 Å². The molecule has 0 N–H and O–H groups in total. The van der Waals surface area contributed by atoms with Gasteiger partial charge in [-0.25, -0.2) is 0 Å². The fraction of sp³-hybridized carbons (Fsp3) is 0.500. The standard InChI is InChI=1S/C3H7N.C3H6/c1-3-4-2;1-3-2/h3H,1-2H3;3H,1H2,2H3. The Labute approximate surface area is 45.8 Å². The monoisotopic (exact) mass is 99.1 g/mol. The lowest BCUT2D eigenvalue weighted by molar-refractivity contribution is 1.46. The van der Waals surface area contributed by atoms with E-state index in [2.05, 4.69) is 11.6 Å². The predicted molar refractivity (Wildman–Crippen MR) is 36.0 cm³/mol. The highest BCUT2D eigenvalue weighted by molar-refractivity contribution is 5.52. The van der Waals surface area contributed by atoms with Gasteiger partial charge in [0.2, 0.25) is 0 Å². The second-order valence-electron chi connectivity index (χ2n) is 0.925. The molecule has 0 aromatic carbocycles. The molecule has 0 amide bonds. The van der Waals surface area contributed by atoms with Gasteiger partial charge in [-0.05, 0) is 20.1 Å². The lowest BCUT2D eigenvalue weighted by Crippen LogP contribution is -1.47. The highest BCUT2D eigenvalue weighted by Crippen LogP contribution is 1.39. The molecule has 0 saturated carbocycles. The number of rotatable bonds is 0. The normalized spacial score (nSPS) is 7.29. The van der Waals surface area contributed by atoms with Crippen LogP contribution >= 0.6 is 0 Å². The Morgan fingerprint density at radius 2 is 1.57 bits per heavy atom. The van der Waals surface area contributed by atoms with Crippen molar-refractivity contribution in [1.82, 2.24) is 0 Å². The summed E-state index contributed by atoms with van der Waals surface area (Å²) in [4.78, 5) is 3.61. The molecule has 1 heteroatoms. The molecule has 0 rings (SSSR count). The van der Waals surface area contributed by atoms with Crippen molar-refractivity contribution in [2.24, 2.45) is 4.99 Å². The fourth-order valence-electron chi connectivity index (χ4n) is 0. The smallest absolute Gasteiger partial charge is 0.0273 e. The van der Waals surface area contributed by atoms with Gasteiger partial charge in [0, 0.05) is 7.05 Å². The molecule has 0 saturated heterocycles. The summed E-state index contributed by atoms with van der Waals surface area (Å²) in [5.41, 5.74) is 0. The SMILES string of the molecule is C=CC.CC=NC. The molecular formula is C6H13N. The second kappa shape index (κ2) is 18.1. The van der Waals surface area contributed by atoms with Crippen LogP contribution in [0.2, 0.25) is 0 Å². The second-order valence-corrected chi connectivity index (χ2v) is 0.925. The van der Waals surface area contributed by atoms with Gasteiger partial charge in [0.1, 0.15) is 0 Å². The van der Waals surface area contributed by atoms with E-state index < -0.39 is 0 Å². The van der Waals surface area contributed by atoms with E-state index in [1.165, 1.54) is 0 Å². The molecule has 0 spiro atoms. The van der Waals surface area contributed by atoms with Crippen LogP contribution in [-0.2, 0) is 0 Å². The van der Waals surface area contributed by atoms with Crippen LogP contribution in [0, 0.1) is 0 Å². The third-order valence-electron chi connectivity index (χ3n) is 0.258. The summed E-state index contributed by atoms with van der Waals surface area (Å²) in [6.45, 7) is 7.14. The number of hydrogen-bond donors (Lipinski definition) is 0. The first kappa shape index (κ1) is 9.65. The highest BCUT2D eigenvalue weighted by Gasteiger charge is 1.32. The van der Waals surface area contributed by atoms with Crippen LogP contribution in [0.1, 0.15) is 13.8 Å². The molecule has 42 valence electrons. The van der Waals surface area contributed by atoms with Crippen molar-refractivity contribution in [3.63, 3.8) is 0 Å². The zero-order chi connectivity index (χ0) is 6.12. The number of allylic oxidation sites excluding steroid dienone is 1. The van der Waals surface area contributed by atoms with Crippen LogP contribution in [0.4, 0.5) is 0 Å². The van der Waals surface area contributed by atoms with Crippen LogP contribution in [-0.4, -0.2) is 13.3 Å². The van der Waals surface area contributed by atoms with Gasteiger partial charge in [0.05, 0.1) is 0 Å². The molecule has 0 bridgehead atoms. The highest BCUT2D eigenvalue weighted by atomic mass is 14.6. The van der Waals surface area contributed by atoms with Crippen molar-refractivity contribution < 1.29 is 0 Å². The van der Waals surface area contributed by atoms with Crippen molar-refractivity contribution >= 4 is 6.21 Å². The Balaban J connectivity index is 0. The van der Waals surface area contributed by atoms with Crippen LogP contribution in [0.3, 0.4) is 0 Å². The Hall–Kier alpha value is -0.590. The summed E-state index contributed by atoms with van der Waals surface area (Å²) in [6.07, 6.45) is 3.50. The molecule has 0 aliphatic carbocycles. The average molecular weight is 99.2 g/mol. The number of aliphatic imine (C=N–C) groups is 1. The minimum atomic E-state index is 1.75. The molecule has 0 aliphatic rings. The molecule has 1 nitrogen and oxygen atoms in total. The first-order valence-electron chi connectivity index (χ1n) is 2.27. The van der Waals surface area contributed by atoms with Crippen LogP contribution < -0.4 is 0 Å². The summed E-state index contributed by atoms with van der Waals surface area (Å²) in [6, 6.07) is 0. The summed E-state index contributed by atoms with van der Waals surface area (Å²) < 4.78 is 0. The van der Waals surface area contributed by atoms with E-state index >= 15 is 0 Å². The maximum atomic E-state index is 3.61. The maximum Gasteiger partial charge on any atom is 0.0273 e. The Kier molecular flexibility index (Phi) is 25.0. The molecule has 0 atom stereocenters. The van der Waals surface area contributed by atoms with Gasteiger partial charge >= 0.3 is 0 Å². The van der Waals surface area contributed by atoms with E-state index in [1.807, 2.05) is 13.8 Å². The first-order chi connectivity index (χ1) is 3.33. The van der Waals surface area contributed by atoms with E-state index in [9.17, 15) is 0 Å². The molecule has 0 unspecified atom stereocenters. The van der Waals surface area contributed by atoms with E-state index in [-0.39, 0.29) is 0 Å². The molecular weight excluding hydrogens is 86.1 g/mol. The van der Waals surface area contributed by atoms with E-state index in [1.54, 1.807) is 19.3 Å². The summed E-state index contributed by atoms with van der Waals surface area (Å²) in [5, 5.41) is 0. The maximum absolute atomic E-state index is 3.61. The quantitative estimate of drug-likeness (QED) is 0.325. The molecule has 0 radical (unpaired) electrons. The van der Waals surface area contributed by atoms with Gasteiger partial charge < -0.3 is 4.99 Å². The summed E-state index contributed by atoms with van der Waals surface area (Å²) >= 11 is 0. The van der Waals surface area contributed by atoms with Crippen LogP contribution in [0.5, 0.6) is 0 Å². The Morgan fingerprint density at radius 3 is 1.57 bits per heavy atom. The third kappa shape index (κ3) is 374. The Bertz CT molecular complexity index is 42.1. The lowest BCUT2D eigenvalue weighted by atomic mass is 10.8. The molecule has 7 heavy (non-hydrogen) atoms. The summed E-state index contributed by atoms with van der Waals surface area (Å²) in [5.74, 6) is 0. The number of hydrogen-bond acceptors (Lipinski definition) is 1. The van der Waals surface area contributed by atoms with Gasteiger partial charge in [-0.2, -0.15) is 0 Å². The van der Waals surface area contributed by atoms with Crippen molar-refractivity contribution in [1.29, 1.82) is 0 Å². The van der Waals surface area contributed by atoms with Gasteiger partial charge in [-0.15, -0.1) is 6.58 Å². The van der Waals surface area contributed by atoms with E-state index in [4.69, 9.17) is 0 Å².